The van der Waals surface area contributed by atoms with E-state index in [1.807, 2.05) is 6.26 Å². The van der Waals surface area contributed by atoms with E-state index in [-0.39, 0.29) is 100 Å². The van der Waals surface area contributed by atoms with Crippen LogP contribution in [0, 0.1) is 5.41 Å². The number of Topliss-reactive ketones (excluding diaryl/α,β-unsaturated/α-hetero) is 1. The molecule has 2 N–H and O–H groups in total. The van der Waals surface area contributed by atoms with Crippen LogP contribution in [0.5, 0.6) is 0 Å². The zero-order chi connectivity index (χ0) is 27.0. The van der Waals surface area contributed by atoms with E-state index in [1.165, 1.54) is 16.7 Å². The molecule has 4 amide bonds. The first kappa shape index (κ1) is 32.0. The largest absolute Gasteiger partial charge is 0.377 e. The van der Waals surface area contributed by atoms with Crippen LogP contribution >= 0.6 is 11.8 Å². The summed E-state index contributed by atoms with van der Waals surface area (Å²) in [6.07, 6.45) is 2.06. The second kappa shape index (κ2) is 17.4. The Morgan fingerprint density at radius 1 is 0.861 bits per heavy atom. The quantitative estimate of drug-likeness (QED) is 0.163. The molecule has 0 saturated carbocycles. The van der Waals surface area contributed by atoms with Gasteiger partial charge in [-0.2, -0.15) is 11.8 Å². The number of nitrogens with one attached hydrogen (secondary N) is 2. The number of likely N-dealkylation sites (tertiary alicyclic amines) is 1. The van der Waals surface area contributed by atoms with Crippen LogP contribution in [-0.2, 0) is 42.9 Å². The van der Waals surface area contributed by atoms with Crippen molar-refractivity contribution < 1.29 is 42.9 Å². The predicted molar refractivity (Wildman–Crippen MR) is 132 cm³/mol. The molecule has 206 valence electrons. The molecule has 0 aromatic rings. The van der Waals surface area contributed by atoms with Gasteiger partial charge in [-0.25, -0.2) is 0 Å². The number of ketones is 1. The number of thioether (sulfide) groups is 1. The Balaban J connectivity index is 1.90. The Hall–Kier alpha value is -2.06. The number of carbonyl (C=O) groups is 5. The van der Waals surface area contributed by atoms with Crippen LogP contribution in [0.3, 0.4) is 0 Å². The molecule has 0 aliphatic carbocycles. The van der Waals surface area contributed by atoms with Gasteiger partial charge in [0.25, 0.3) is 0 Å². The van der Waals surface area contributed by atoms with Crippen LogP contribution in [0.4, 0.5) is 0 Å². The van der Waals surface area contributed by atoms with Gasteiger partial charge in [-0.1, -0.05) is 20.8 Å². The summed E-state index contributed by atoms with van der Waals surface area (Å²) >= 11 is 1.38. The molecule has 1 heterocycles. The number of imide groups is 1. The fourth-order valence-corrected chi connectivity index (χ4v) is 3.43. The van der Waals surface area contributed by atoms with Crippen LogP contribution in [0.1, 0.15) is 27.2 Å². The van der Waals surface area contributed by atoms with E-state index < -0.39 is 5.41 Å². The van der Waals surface area contributed by atoms with Gasteiger partial charge in [0.05, 0.1) is 44.8 Å². The number of rotatable bonds is 19. The lowest BCUT2D eigenvalue weighted by Crippen LogP contribution is -2.38. The first-order valence-corrected chi connectivity index (χ1v) is 13.1. The number of ether oxygens (including phenoxy) is 4. The van der Waals surface area contributed by atoms with Crippen molar-refractivity contribution in [2.45, 2.75) is 32.4 Å². The van der Waals surface area contributed by atoms with E-state index in [0.717, 1.165) is 0 Å². The molecule has 13 heteroatoms. The Labute approximate surface area is 216 Å². The number of carbonyl (C=O) groups excluding carboxylic acids is 5. The van der Waals surface area contributed by atoms with Gasteiger partial charge in [-0.15, -0.1) is 0 Å². The molecule has 1 fully saturated rings. The monoisotopic (exact) mass is 533 g/mol. The summed E-state index contributed by atoms with van der Waals surface area (Å²) in [5.74, 6) is -1.11. The van der Waals surface area contributed by atoms with E-state index in [4.69, 9.17) is 18.9 Å². The normalized spacial score (nSPS) is 15.9. The maximum Gasteiger partial charge on any atom is 0.246 e. The summed E-state index contributed by atoms with van der Waals surface area (Å²) < 4.78 is 21.0. The average Bonchev–Trinajstić information content (AvgIpc) is 3.09. The third-order valence-electron chi connectivity index (χ3n) is 5.00. The minimum atomic E-state index is -0.512. The van der Waals surface area contributed by atoms with Crippen molar-refractivity contribution >= 4 is 41.2 Å². The van der Waals surface area contributed by atoms with Crippen LogP contribution in [0.2, 0.25) is 0 Å². The molecule has 0 aromatic carbocycles. The molecule has 0 radical (unpaired) electrons. The molecule has 0 bridgehead atoms. The summed E-state index contributed by atoms with van der Waals surface area (Å²) in [5.41, 5.74) is -0.512. The van der Waals surface area contributed by atoms with Crippen LogP contribution < -0.4 is 10.6 Å². The van der Waals surface area contributed by atoms with Gasteiger partial charge in [0.1, 0.15) is 19.8 Å². The summed E-state index contributed by atoms with van der Waals surface area (Å²) in [7, 11) is 0. The van der Waals surface area contributed by atoms with Crippen LogP contribution in [0.25, 0.3) is 0 Å². The molecule has 1 aliphatic heterocycles. The SMILES string of the molecule is CSC1CC(=O)N(CCOCCOCCOCC(=O)NCCNC(=O)COCC(=O)C(C)(C)C)C1=O. The Morgan fingerprint density at radius 3 is 1.92 bits per heavy atom. The number of nitrogens with zero attached hydrogens (tertiary/aromatic N) is 1. The lowest BCUT2D eigenvalue weighted by molar-refractivity contribution is -0.139. The van der Waals surface area contributed by atoms with E-state index >= 15 is 0 Å². The molecule has 1 unspecified atom stereocenters. The van der Waals surface area contributed by atoms with E-state index in [1.54, 1.807) is 20.8 Å². The topological polar surface area (TPSA) is 150 Å². The second-order valence-corrected chi connectivity index (χ2v) is 10.00. The van der Waals surface area contributed by atoms with E-state index in [9.17, 15) is 24.0 Å². The summed E-state index contributed by atoms with van der Waals surface area (Å²) in [6, 6.07) is 0. The standard InChI is InChI=1S/C23H39N3O9S/c1-23(2,3)18(27)14-35-16-20(29)25-6-5-24-19(28)15-34-12-11-33-10-9-32-8-7-26-21(30)13-17(36-4)22(26)31/h17H,5-16H2,1-4H3,(H,24,28)(H,25,29). The van der Waals surface area contributed by atoms with Crippen LogP contribution in [-0.4, -0.2) is 118 Å². The first-order chi connectivity index (χ1) is 17.1. The van der Waals surface area contributed by atoms with Crippen molar-refractivity contribution in [2.75, 3.05) is 78.7 Å². The molecule has 0 aromatic heterocycles. The number of hydrogen-bond acceptors (Lipinski definition) is 10. The molecular formula is C23H39N3O9S. The molecular weight excluding hydrogens is 494 g/mol. The van der Waals surface area contributed by atoms with Gasteiger partial charge in [-0.05, 0) is 6.26 Å². The van der Waals surface area contributed by atoms with Gasteiger partial charge in [0, 0.05) is 24.9 Å². The molecule has 36 heavy (non-hydrogen) atoms. The molecule has 1 saturated heterocycles. The lowest BCUT2D eigenvalue weighted by atomic mass is 9.91. The number of amides is 4. The zero-order valence-corrected chi connectivity index (χ0v) is 22.4. The van der Waals surface area contributed by atoms with E-state index in [2.05, 4.69) is 10.6 Å². The van der Waals surface area contributed by atoms with Crippen molar-refractivity contribution in [2.24, 2.45) is 5.41 Å². The second-order valence-electron chi connectivity index (χ2n) is 8.96. The summed E-state index contributed by atoms with van der Waals surface area (Å²) in [5, 5.41) is 4.90. The fraction of sp³-hybridized carbons (Fsp3) is 0.783. The van der Waals surface area contributed by atoms with Crippen LogP contribution in [0.15, 0.2) is 0 Å². The van der Waals surface area contributed by atoms with Gasteiger partial charge < -0.3 is 29.6 Å². The van der Waals surface area contributed by atoms with Gasteiger partial charge in [-0.3, -0.25) is 28.9 Å². The van der Waals surface area contributed by atoms with Crippen molar-refractivity contribution in [1.82, 2.24) is 15.5 Å². The Morgan fingerprint density at radius 2 is 1.39 bits per heavy atom. The van der Waals surface area contributed by atoms with Gasteiger partial charge in [0.2, 0.25) is 23.6 Å². The summed E-state index contributed by atoms with van der Waals surface area (Å²) in [4.78, 5) is 60.1. The fourth-order valence-electron chi connectivity index (χ4n) is 2.79. The van der Waals surface area contributed by atoms with E-state index in [0.29, 0.717) is 13.2 Å². The van der Waals surface area contributed by atoms with Crippen molar-refractivity contribution in [3.63, 3.8) is 0 Å². The maximum absolute atomic E-state index is 12.0. The van der Waals surface area contributed by atoms with Crippen molar-refractivity contribution in [3.8, 4) is 0 Å². The molecule has 12 nitrogen and oxygen atoms in total. The Kier molecular flexibility index (Phi) is 15.5. The molecule has 1 atom stereocenters. The smallest absolute Gasteiger partial charge is 0.246 e. The third-order valence-corrected chi connectivity index (χ3v) is 5.93. The lowest BCUT2D eigenvalue weighted by Gasteiger charge is -2.16. The average molecular weight is 534 g/mol. The van der Waals surface area contributed by atoms with Crippen molar-refractivity contribution in [3.05, 3.63) is 0 Å². The highest BCUT2D eigenvalue weighted by Gasteiger charge is 2.37. The molecule has 1 aliphatic rings. The summed E-state index contributed by atoms with van der Waals surface area (Å²) in [6.45, 7) is 6.94. The highest BCUT2D eigenvalue weighted by molar-refractivity contribution is 8.00. The highest BCUT2D eigenvalue weighted by Crippen LogP contribution is 2.22. The minimum Gasteiger partial charge on any atom is -0.377 e. The van der Waals surface area contributed by atoms with Gasteiger partial charge >= 0.3 is 0 Å². The Bertz CT molecular complexity index is 743. The minimum absolute atomic E-state index is 0.0869. The molecule has 1 rings (SSSR count). The molecule has 0 spiro atoms. The van der Waals surface area contributed by atoms with Gasteiger partial charge in [0.15, 0.2) is 5.78 Å². The highest BCUT2D eigenvalue weighted by atomic mass is 32.2. The maximum atomic E-state index is 12.0. The third kappa shape index (κ3) is 13.3. The number of hydrogen-bond donors (Lipinski definition) is 2. The van der Waals surface area contributed by atoms with Crippen molar-refractivity contribution in [1.29, 1.82) is 0 Å². The predicted octanol–water partition coefficient (Wildman–Crippen LogP) is -0.609. The zero-order valence-electron chi connectivity index (χ0n) is 21.6. The first-order valence-electron chi connectivity index (χ1n) is 11.8.